The quantitative estimate of drug-likeness (QED) is 0.795. The van der Waals surface area contributed by atoms with E-state index in [1.165, 1.54) is 18.8 Å². The second-order valence-corrected chi connectivity index (χ2v) is 7.40. The summed E-state index contributed by atoms with van der Waals surface area (Å²) >= 11 is 13.7. The lowest BCUT2D eigenvalue weighted by molar-refractivity contribution is 0.138. The van der Waals surface area contributed by atoms with Gasteiger partial charge >= 0.3 is 6.09 Å². The summed E-state index contributed by atoms with van der Waals surface area (Å²) in [7, 11) is 3.42. The smallest absolute Gasteiger partial charge is 0.407 e. The number of alkyl carbamates (subject to hydrolysis) is 1. The number of rotatable bonds is 5. The Morgan fingerprint density at radius 2 is 1.96 bits per heavy atom. The van der Waals surface area contributed by atoms with Crippen LogP contribution in [0.3, 0.4) is 0 Å². The third-order valence-electron chi connectivity index (χ3n) is 3.29. The van der Waals surface area contributed by atoms with Gasteiger partial charge in [0.1, 0.15) is 10.9 Å². The largest absolute Gasteiger partial charge is 0.441 e. The van der Waals surface area contributed by atoms with Crippen LogP contribution in [-0.2, 0) is 18.4 Å². The van der Waals surface area contributed by atoms with Crippen LogP contribution in [0.5, 0.6) is 0 Å². The number of nitrogens with one attached hydrogen (secondary N) is 1. The molecule has 1 aromatic heterocycles. The highest BCUT2D eigenvalue weighted by Crippen LogP contribution is 2.36. The molecule has 0 unspecified atom stereocenters. The molecule has 130 valence electrons. The number of hydrogen-bond acceptors (Lipinski definition) is 4. The standard InChI is InChI=1S/C16H19Cl2N3O2S/c1-9(2)14-15(24-12-6-10(17)5-11(18)7-12)21(4)13(20-14)8-23-16(22)19-3/h5-7,9H,8H2,1-4H3,(H,19,22). The van der Waals surface area contributed by atoms with Crippen molar-refractivity contribution in [3.63, 3.8) is 0 Å². The number of amides is 1. The predicted molar refractivity (Wildman–Crippen MR) is 97.1 cm³/mol. The van der Waals surface area contributed by atoms with Crippen molar-refractivity contribution in [2.45, 2.75) is 36.3 Å². The highest BCUT2D eigenvalue weighted by molar-refractivity contribution is 7.99. The van der Waals surface area contributed by atoms with E-state index in [4.69, 9.17) is 27.9 Å². The molecule has 8 heteroatoms. The van der Waals surface area contributed by atoms with Crippen LogP contribution < -0.4 is 5.32 Å². The van der Waals surface area contributed by atoms with E-state index in [9.17, 15) is 4.79 Å². The van der Waals surface area contributed by atoms with E-state index in [0.29, 0.717) is 15.9 Å². The number of carbonyl (C=O) groups is 1. The summed E-state index contributed by atoms with van der Waals surface area (Å²) in [5.74, 6) is 0.903. The van der Waals surface area contributed by atoms with Gasteiger partial charge in [-0.1, -0.05) is 48.8 Å². The molecule has 1 N–H and O–H groups in total. The van der Waals surface area contributed by atoms with Crippen molar-refractivity contribution in [3.8, 4) is 0 Å². The molecule has 1 heterocycles. The summed E-state index contributed by atoms with van der Waals surface area (Å²) in [6, 6.07) is 5.41. The Kier molecular flexibility index (Phi) is 6.43. The second kappa shape index (κ2) is 8.14. The Morgan fingerprint density at radius 1 is 1.33 bits per heavy atom. The summed E-state index contributed by atoms with van der Waals surface area (Å²) in [6.45, 7) is 4.24. The fourth-order valence-corrected chi connectivity index (χ4v) is 3.96. The fraction of sp³-hybridized carbons (Fsp3) is 0.375. The van der Waals surface area contributed by atoms with Crippen LogP contribution in [0.2, 0.25) is 10.0 Å². The minimum Gasteiger partial charge on any atom is -0.441 e. The molecule has 0 saturated carbocycles. The average Bonchev–Trinajstić information content (AvgIpc) is 2.81. The van der Waals surface area contributed by atoms with E-state index in [2.05, 4.69) is 24.1 Å². The van der Waals surface area contributed by atoms with Crippen molar-refractivity contribution in [3.05, 3.63) is 39.8 Å². The van der Waals surface area contributed by atoms with Crippen LogP contribution in [0.15, 0.2) is 28.1 Å². The van der Waals surface area contributed by atoms with Crippen LogP contribution in [0.1, 0.15) is 31.3 Å². The normalized spacial score (nSPS) is 11.0. The molecule has 0 spiro atoms. The minimum absolute atomic E-state index is 0.104. The molecule has 1 amide bonds. The Labute approximate surface area is 155 Å². The van der Waals surface area contributed by atoms with Gasteiger partial charge in [-0.05, 0) is 24.1 Å². The molecule has 0 atom stereocenters. The first-order valence-corrected chi connectivity index (χ1v) is 8.93. The topological polar surface area (TPSA) is 56.1 Å². The molecule has 0 radical (unpaired) electrons. The predicted octanol–water partition coefficient (Wildman–Crippen LogP) is 4.86. The lowest BCUT2D eigenvalue weighted by Gasteiger charge is -2.09. The molecule has 0 fully saturated rings. The first kappa shape index (κ1) is 19.0. The third kappa shape index (κ3) is 4.59. The van der Waals surface area contributed by atoms with E-state index in [-0.39, 0.29) is 12.5 Å². The van der Waals surface area contributed by atoms with Crippen LogP contribution in [0.25, 0.3) is 0 Å². The molecule has 0 aliphatic heterocycles. The van der Waals surface area contributed by atoms with Gasteiger partial charge in [-0.25, -0.2) is 9.78 Å². The van der Waals surface area contributed by atoms with Gasteiger partial charge in [0.25, 0.3) is 0 Å². The van der Waals surface area contributed by atoms with Crippen molar-refractivity contribution in [1.82, 2.24) is 14.9 Å². The van der Waals surface area contributed by atoms with Gasteiger partial charge < -0.3 is 14.6 Å². The summed E-state index contributed by atoms with van der Waals surface area (Å²) in [5.41, 5.74) is 0.939. The van der Waals surface area contributed by atoms with Crippen molar-refractivity contribution >= 4 is 41.1 Å². The third-order valence-corrected chi connectivity index (χ3v) is 4.88. The lowest BCUT2D eigenvalue weighted by atomic mass is 10.2. The first-order chi connectivity index (χ1) is 11.3. The van der Waals surface area contributed by atoms with E-state index in [1.54, 1.807) is 6.07 Å². The van der Waals surface area contributed by atoms with Crippen molar-refractivity contribution in [2.75, 3.05) is 7.05 Å². The molecule has 0 aliphatic carbocycles. The van der Waals surface area contributed by atoms with Crippen LogP contribution >= 0.6 is 35.0 Å². The zero-order chi connectivity index (χ0) is 17.9. The highest BCUT2D eigenvalue weighted by Gasteiger charge is 2.19. The number of hydrogen-bond donors (Lipinski definition) is 1. The Balaban J connectivity index is 2.33. The number of halogens is 2. The molecule has 24 heavy (non-hydrogen) atoms. The van der Waals surface area contributed by atoms with E-state index in [1.807, 2.05) is 23.7 Å². The maximum absolute atomic E-state index is 11.3. The number of carbonyl (C=O) groups excluding carboxylic acids is 1. The monoisotopic (exact) mass is 387 g/mol. The van der Waals surface area contributed by atoms with Gasteiger partial charge in [0.05, 0.1) is 5.69 Å². The maximum Gasteiger partial charge on any atom is 0.407 e. The molecule has 0 aliphatic rings. The number of imidazole rings is 1. The van der Waals surface area contributed by atoms with Crippen molar-refractivity contribution in [1.29, 1.82) is 0 Å². The van der Waals surface area contributed by atoms with Gasteiger partial charge in [-0.3, -0.25) is 0 Å². The molecule has 0 bridgehead atoms. The summed E-state index contributed by atoms with van der Waals surface area (Å²) in [5, 5.41) is 4.56. The SMILES string of the molecule is CNC(=O)OCc1nc(C(C)C)c(Sc2cc(Cl)cc(Cl)c2)n1C. The molecule has 5 nitrogen and oxygen atoms in total. The van der Waals surface area contributed by atoms with Gasteiger partial charge in [-0.15, -0.1) is 0 Å². The summed E-state index contributed by atoms with van der Waals surface area (Å²) in [4.78, 5) is 16.8. The number of nitrogens with zero attached hydrogens (tertiary/aromatic N) is 2. The lowest BCUT2D eigenvalue weighted by Crippen LogP contribution is -2.19. The van der Waals surface area contributed by atoms with Crippen LogP contribution in [0.4, 0.5) is 4.79 Å². The van der Waals surface area contributed by atoms with Gasteiger partial charge in [-0.2, -0.15) is 0 Å². The van der Waals surface area contributed by atoms with E-state index < -0.39 is 6.09 Å². The zero-order valence-corrected chi connectivity index (χ0v) is 16.2. The molecule has 2 aromatic rings. The Morgan fingerprint density at radius 3 is 2.50 bits per heavy atom. The summed E-state index contributed by atoms with van der Waals surface area (Å²) in [6.07, 6.45) is -0.486. The Hall–Kier alpha value is -1.37. The molecular weight excluding hydrogens is 369 g/mol. The average molecular weight is 388 g/mol. The van der Waals surface area contributed by atoms with E-state index in [0.717, 1.165) is 15.6 Å². The molecular formula is C16H19Cl2N3O2S. The van der Waals surface area contributed by atoms with Crippen LogP contribution in [-0.4, -0.2) is 22.7 Å². The first-order valence-electron chi connectivity index (χ1n) is 7.35. The molecule has 0 saturated heterocycles. The number of ether oxygens (including phenoxy) is 1. The van der Waals surface area contributed by atoms with E-state index >= 15 is 0 Å². The Bertz CT molecular complexity index is 727. The van der Waals surface area contributed by atoms with Gasteiger partial charge in [0, 0.05) is 29.0 Å². The zero-order valence-electron chi connectivity index (χ0n) is 13.9. The van der Waals surface area contributed by atoms with Gasteiger partial charge in [0.15, 0.2) is 6.61 Å². The molecule has 1 aromatic carbocycles. The highest BCUT2D eigenvalue weighted by atomic mass is 35.5. The number of aromatic nitrogens is 2. The van der Waals surface area contributed by atoms with Crippen molar-refractivity contribution < 1.29 is 9.53 Å². The van der Waals surface area contributed by atoms with Crippen molar-refractivity contribution in [2.24, 2.45) is 7.05 Å². The maximum atomic E-state index is 11.3. The fourth-order valence-electron chi connectivity index (χ4n) is 2.08. The van der Waals surface area contributed by atoms with Gasteiger partial charge in [0.2, 0.25) is 0 Å². The second-order valence-electron chi connectivity index (χ2n) is 5.47. The molecule has 2 rings (SSSR count). The van der Waals surface area contributed by atoms with Crippen LogP contribution in [0, 0.1) is 0 Å². The number of benzene rings is 1. The summed E-state index contributed by atoms with van der Waals surface area (Å²) < 4.78 is 7.04. The minimum atomic E-state index is -0.486.